The first-order valence-electron chi connectivity index (χ1n) is 9.96. The van der Waals surface area contributed by atoms with Gasteiger partial charge in [0.05, 0.1) is 40.0 Å². The molecule has 1 aromatic carbocycles. The number of H-pyrrole nitrogens is 2. The number of aliphatic hydroxyl groups excluding tert-OH is 1. The van der Waals surface area contributed by atoms with Crippen LogP contribution in [0.5, 0.6) is 0 Å². The van der Waals surface area contributed by atoms with Crippen LogP contribution in [0.4, 0.5) is 13.2 Å². The van der Waals surface area contributed by atoms with Crippen molar-refractivity contribution in [3.05, 3.63) is 53.3 Å². The van der Waals surface area contributed by atoms with Gasteiger partial charge in [0, 0.05) is 24.2 Å². The summed E-state index contributed by atoms with van der Waals surface area (Å²) in [6.45, 7) is 0.905. The number of pyridine rings is 1. The molecule has 4 N–H and O–H groups in total. The number of β-amino-alcohol motifs (C(OH)–C–C–N with tert-alkyl or cyclic N) is 1. The zero-order valence-electron chi connectivity index (χ0n) is 16.7. The van der Waals surface area contributed by atoms with Crippen LogP contribution in [0.15, 0.2) is 51.2 Å². The first-order chi connectivity index (χ1) is 15.9. The van der Waals surface area contributed by atoms with Gasteiger partial charge in [-0.25, -0.2) is 9.97 Å². The van der Waals surface area contributed by atoms with E-state index in [4.69, 9.17) is 4.42 Å². The molecular weight excluding hydrogens is 457 g/mol. The standard InChI is InChI=1S/C21H15F3N6O2S/c22-21(23,24)9-1-2-11-12(5-9)29-20(28-11)33-16-4-3-15(32-16)17-10-6-26-30-19(10)27-13-7-25-8-14(31)18(13)17/h1-6,14,25,31H,7-8H2,(H,28,29)(H,26,27,30). The second-order valence-corrected chi connectivity index (χ2v) is 8.61. The summed E-state index contributed by atoms with van der Waals surface area (Å²) in [5, 5.41) is 22.3. The predicted octanol–water partition coefficient (Wildman–Crippen LogP) is 4.40. The molecule has 0 bridgehead atoms. The number of aliphatic hydroxyl groups is 1. The molecule has 6 rings (SSSR count). The van der Waals surface area contributed by atoms with Crippen molar-refractivity contribution in [3.63, 3.8) is 0 Å². The number of nitrogens with one attached hydrogen (secondary N) is 3. The number of aromatic amines is 2. The van der Waals surface area contributed by atoms with E-state index in [2.05, 4.69) is 30.5 Å². The molecule has 4 aromatic heterocycles. The number of furan rings is 1. The van der Waals surface area contributed by atoms with E-state index in [1.165, 1.54) is 6.07 Å². The predicted molar refractivity (Wildman–Crippen MR) is 113 cm³/mol. The van der Waals surface area contributed by atoms with E-state index in [1.54, 1.807) is 18.3 Å². The van der Waals surface area contributed by atoms with Gasteiger partial charge in [-0.05, 0) is 42.1 Å². The summed E-state index contributed by atoms with van der Waals surface area (Å²) < 4.78 is 45.0. The van der Waals surface area contributed by atoms with Crippen LogP contribution in [0.1, 0.15) is 22.9 Å². The second kappa shape index (κ2) is 7.33. The maximum atomic E-state index is 13.0. The number of alkyl halides is 3. The molecule has 0 spiro atoms. The highest BCUT2D eigenvalue weighted by Crippen LogP contribution is 2.40. The van der Waals surface area contributed by atoms with Gasteiger partial charge in [-0.3, -0.25) is 5.10 Å². The van der Waals surface area contributed by atoms with Gasteiger partial charge in [0.15, 0.2) is 15.9 Å². The van der Waals surface area contributed by atoms with Crippen LogP contribution >= 0.6 is 11.8 Å². The van der Waals surface area contributed by atoms with Crippen molar-refractivity contribution in [2.45, 2.75) is 29.1 Å². The fourth-order valence-corrected chi connectivity index (χ4v) is 4.80. The molecule has 1 aliphatic rings. The van der Waals surface area contributed by atoms with Gasteiger partial charge in [-0.1, -0.05) is 0 Å². The number of fused-ring (bicyclic) bond motifs is 3. The zero-order valence-corrected chi connectivity index (χ0v) is 17.5. The Labute approximate surface area is 187 Å². The summed E-state index contributed by atoms with van der Waals surface area (Å²) >= 11 is 1.16. The highest BCUT2D eigenvalue weighted by atomic mass is 32.2. The lowest BCUT2D eigenvalue weighted by molar-refractivity contribution is -0.137. The van der Waals surface area contributed by atoms with E-state index in [9.17, 15) is 18.3 Å². The number of hydrogen-bond acceptors (Lipinski definition) is 7. The Balaban J connectivity index is 1.37. The van der Waals surface area contributed by atoms with Crippen LogP contribution in [0.3, 0.4) is 0 Å². The third-order valence-corrected chi connectivity index (χ3v) is 6.30. The molecule has 5 aromatic rings. The second-order valence-electron chi connectivity index (χ2n) is 7.62. The van der Waals surface area contributed by atoms with Gasteiger partial charge < -0.3 is 19.8 Å². The molecule has 33 heavy (non-hydrogen) atoms. The zero-order chi connectivity index (χ0) is 22.7. The summed E-state index contributed by atoms with van der Waals surface area (Å²) in [7, 11) is 0. The van der Waals surface area contributed by atoms with E-state index in [0.29, 0.717) is 57.1 Å². The van der Waals surface area contributed by atoms with Crippen molar-refractivity contribution in [1.29, 1.82) is 0 Å². The minimum absolute atomic E-state index is 0.290. The molecule has 0 saturated heterocycles. The van der Waals surface area contributed by atoms with Gasteiger partial charge in [0.25, 0.3) is 0 Å². The van der Waals surface area contributed by atoms with Crippen LogP contribution in [-0.2, 0) is 12.7 Å². The molecule has 0 amide bonds. The fraction of sp³-hybridized carbons (Fsp3) is 0.190. The lowest BCUT2D eigenvalue weighted by Gasteiger charge is -2.24. The number of imidazole rings is 1. The van der Waals surface area contributed by atoms with Crippen molar-refractivity contribution in [2.24, 2.45) is 0 Å². The van der Waals surface area contributed by atoms with Crippen LogP contribution in [0, 0.1) is 0 Å². The van der Waals surface area contributed by atoms with Crippen molar-refractivity contribution in [1.82, 2.24) is 30.5 Å². The normalized spacial score (nSPS) is 16.5. The number of hydrogen-bond donors (Lipinski definition) is 4. The molecule has 1 unspecified atom stereocenters. The molecule has 0 saturated carbocycles. The van der Waals surface area contributed by atoms with Gasteiger partial charge in [0.2, 0.25) is 0 Å². The smallest absolute Gasteiger partial charge is 0.416 e. The largest absolute Gasteiger partial charge is 0.449 e. The fourth-order valence-electron chi connectivity index (χ4n) is 4.04. The van der Waals surface area contributed by atoms with Gasteiger partial charge >= 0.3 is 6.18 Å². The number of nitrogens with zero attached hydrogens (tertiary/aromatic N) is 3. The maximum absolute atomic E-state index is 13.0. The quantitative estimate of drug-likeness (QED) is 0.308. The average molecular weight is 472 g/mol. The number of rotatable bonds is 3. The Kier molecular flexibility index (Phi) is 4.50. The van der Waals surface area contributed by atoms with Crippen LogP contribution < -0.4 is 5.32 Å². The van der Waals surface area contributed by atoms with Gasteiger partial charge in [-0.2, -0.15) is 18.3 Å². The third kappa shape index (κ3) is 3.46. The van der Waals surface area contributed by atoms with Crippen molar-refractivity contribution >= 4 is 33.8 Å². The van der Waals surface area contributed by atoms with Crippen LogP contribution in [0.25, 0.3) is 33.4 Å². The van der Waals surface area contributed by atoms with Crippen LogP contribution in [-0.4, -0.2) is 36.8 Å². The number of halogens is 3. The molecule has 0 aliphatic carbocycles. The molecule has 8 nitrogen and oxygen atoms in total. The highest BCUT2D eigenvalue weighted by molar-refractivity contribution is 7.99. The minimum atomic E-state index is -4.43. The first-order valence-corrected chi connectivity index (χ1v) is 10.8. The van der Waals surface area contributed by atoms with Crippen molar-refractivity contribution < 1.29 is 22.7 Å². The van der Waals surface area contributed by atoms with Gasteiger partial charge in [-0.15, -0.1) is 0 Å². The Bertz CT molecular complexity index is 1510. The summed E-state index contributed by atoms with van der Waals surface area (Å²) in [6, 6.07) is 6.91. The van der Waals surface area contributed by atoms with Crippen molar-refractivity contribution in [2.75, 3.05) is 6.54 Å². The van der Waals surface area contributed by atoms with Crippen LogP contribution in [0.2, 0.25) is 0 Å². The molecule has 0 fully saturated rings. The van der Waals surface area contributed by atoms with Crippen molar-refractivity contribution in [3.8, 4) is 11.3 Å². The van der Waals surface area contributed by atoms with Gasteiger partial charge in [0.1, 0.15) is 5.76 Å². The maximum Gasteiger partial charge on any atom is 0.416 e. The molecule has 1 aliphatic heterocycles. The molecule has 1 atom stereocenters. The average Bonchev–Trinajstić information content (AvgIpc) is 3.50. The Morgan fingerprint density at radius 3 is 2.88 bits per heavy atom. The Morgan fingerprint density at radius 1 is 1.15 bits per heavy atom. The number of aromatic nitrogens is 5. The minimum Gasteiger partial charge on any atom is -0.449 e. The van der Waals surface area contributed by atoms with E-state index in [0.717, 1.165) is 29.3 Å². The molecule has 12 heteroatoms. The topological polar surface area (TPSA) is 116 Å². The number of benzene rings is 1. The lowest BCUT2D eigenvalue weighted by atomic mass is 9.94. The van der Waals surface area contributed by atoms with E-state index in [1.807, 2.05) is 0 Å². The summed E-state index contributed by atoms with van der Waals surface area (Å²) in [4.78, 5) is 11.8. The molecular formula is C21H15F3N6O2S. The summed E-state index contributed by atoms with van der Waals surface area (Å²) in [5.41, 5.74) is 2.68. The third-order valence-electron chi connectivity index (χ3n) is 5.49. The first kappa shape index (κ1) is 20.3. The highest BCUT2D eigenvalue weighted by Gasteiger charge is 2.31. The summed E-state index contributed by atoms with van der Waals surface area (Å²) in [6.07, 6.45) is -3.54. The summed E-state index contributed by atoms with van der Waals surface area (Å²) in [5.74, 6) is 0.527. The lowest BCUT2D eigenvalue weighted by Crippen LogP contribution is -2.29. The van der Waals surface area contributed by atoms with E-state index < -0.39 is 17.8 Å². The molecule has 168 valence electrons. The molecule has 5 heterocycles. The Hall–Kier alpha value is -3.35. The SMILES string of the molecule is OC1CNCc2nc3[nH]ncc3c(-c3ccc(Sc4nc5ccc(C(F)(F)F)cc5[nH]4)o3)c21. The Morgan fingerprint density at radius 2 is 2.03 bits per heavy atom. The monoisotopic (exact) mass is 472 g/mol. The molecule has 0 radical (unpaired) electrons. The van der Waals surface area contributed by atoms with E-state index in [-0.39, 0.29) is 5.52 Å². The van der Waals surface area contributed by atoms with E-state index >= 15 is 0 Å².